The first-order valence-corrected chi connectivity index (χ1v) is 3.51. The highest BCUT2D eigenvalue weighted by Crippen LogP contribution is 2.30. The maximum atomic E-state index is 12.1. The molecule has 6 heteroatoms. The van der Waals surface area contributed by atoms with Crippen molar-refractivity contribution in [3.05, 3.63) is 23.8 Å². The molecule has 0 bridgehead atoms. The number of nitrogens with zero attached hydrogens (tertiary/aromatic N) is 2. The smallest absolute Gasteiger partial charge is 0.316 e. The van der Waals surface area contributed by atoms with E-state index in [1.807, 2.05) is 0 Å². The zero-order chi connectivity index (χ0) is 10.1. The zero-order valence-corrected chi connectivity index (χ0v) is 6.84. The average Bonchev–Trinajstić information content (AvgIpc) is 2.02. The highest BCUT2D eigenvalue weighted by atomic mass is 19.4. The van der Waals surface area contributed by atoms with E-state index >= 15 is 0 Å². The summed E-state index contributed by atoms with van der Waals surface area (Å²) in [5.74, 6) is 0. The van der Waals surface area contributed by atoms with Crippen molar-refractivity contribution >= 4 is 0 Å². The molecule has 1 rings (SSSR count). The molecule has 0 aliphatic carbocycles. The zero-order valence-electron chi connectivity index (χ0n) is 6.84. The molecule has 1 aromatic heterocycles. The first-order valence-electron chi connectivity index (χ1n) is 3.51. The molecule has 0 saturated carbocycles. The van der Waals surface area contributed by atoms with Gasteiger partial charge in [0, 0.05) is 17.5 Å². The van der Waals surface area contributed by atoms with Gasteiger partial charge in [-0.05, 0) is 6.92 Å². The van der Waals surface area contributed by atoms with E-state index in [1.165, 1.54) is 13.3 Å². The first kappa shape index (κ1) is 9.91. The van der Waals surface area contributed by atoms with E-state index in [0.29, 0.717) is 0 Å². The highest BCUT2D eigenvalue weighted by Gasteiger charge is 2.38. The standard InChI is InChI=1S/C7H8F3N3/c1-4-5(2-12-3-13-4)6(11)7(8,9)10/h2-3,6H,11H2,1H3. The van der Waals surface area contributed by atoms with E-state index in [-0.39, 0.29) is 11.3 Å². The number of hydrogen-bond acceptors (Lipinski definition) is 3. The van der Waals surface area contributed by atoms with Gasteiger partial charge in [0.25, 0.3) is 0 Å². The summed E-state index contributed by atoms with van der Waals surface area (Å²) < 4.78 is 36.4. The predicted molar refractivity (Wildman–Crippen MR) is 39.8 cm³/mol. The van der Waals surface area contributed by atoms with E-state index in [4.69, 9.17) is 5.73 Å². The van der Waals surface area contributed by atoms with Crippen LogP contribution in [0.4, 0.5) is 13.2 Å². The number of hydrogen-bond donors (Lipinski definition) is 1. The normalized spacial score (nSPS) is 14.2. The third-order valence-electron chi connectivity index (χ3n) is 1.64. The summed E-state index contributed by atoms with van der Waals surface area (Å²) in [6.45, 7) is 1.46. The molecule has 0 aliphatic rings. The Morgan fingerprint density at radius 1 is 1.46 bits per heavy atom. The Morgan fingerprint density at radius 3 is 2.54 bits per heavy atom. The molecule has 1 unspecified atom stereocenters. The summed E-state index contributed by atoms with van der Waals surface area (Å²) in [6.07, 6.45) is -2.18. The molecule has 2 N–H and O–H groups in total. The molecule has 72 valence electrons. The van der Waals surface area contributed by atoms with E-state index in [2.05, 4.69) is 9.97 Å². The van der Waals surface area contributed by atoms with Crippen molar-refractivity contribution in [2.24, 2.45) is 5.73 Å². The quantitative estimate of drug-likeness (QED) is 0.728. The lowest BCUT2D eigenvalue weighted by Crippen LogP contribution is -2.29. The van der Waals surface area contributed by atoms with E-state index in [0.717, 1.165) is 6.20 Å². The Labute approximate surface area is 72.8 Å². The minimum atomic E-state index is -4.45. The summed E-state index contributed by atoms with van der Waals surface area (Å²) in [5.41, 5.74) is 5.13. The van der Waals surface area contributed by atoms with Gasteiger partial charge in [-0.1, -0.05) is 0 Å². The van der Waals surface area contributed by atoms with Crippen LogP contribution in [0.25, 0.3) is 0 Å². The second-order valence-electron chi connectivity index (χ2n) is 2.58. The van der Waals surface area contributed by atoms with Crippen molar-refractivity contribution in [3.63, 3.8) is 0 Å². The summed E-state index contributed by atoms with van der Waals surface area (Å²) in [5, 5.41) is 0. The van der Waals surface area contributed by atoms with Crippen molar-refractivity contribution < 1.29 is 13.2 Å². The second kappa shape index (κ2) is 3.29. The second-order valence-corrected chi connectivity index (χ2v) is 2.58. The Hall–Kier alpha value is -1.17. The average molecular weight is 191 g/mol. The van der Waals surface area contributed by atoms with Gasteiger partial charge in [0.1, 0.15) is 12.4 Å². The molecule has 0 aromatic carbocycles. The van der Waals surface area contributed by atoms with Gasteiger partial charge in [-0.15, -0.1) is 0 Å². The van der Waals surface area contributed by atoms with Gasteiger partial charge in [-0.2, -0.15) is 13.2 Å². The third-order valence-corrected chi connectivity index (χ3v) is 1.64. The molecule has 0 fully saturated rings. The third kappa shape index (κ3) is 2.15. The van der Waals surface area contributed by atoms with Gasteiger partial charge in [0.15, 0.2) is 0 Å². The minimum absolute atomic E-state index is 0.0880. The summed E-state index contributed by atoms with van der Waals surface area (Å²) in [6, 6.07) is -2.01. The molecule has 0 aliphatic heterocycles. The summed E-state index contributed by atoms with van der Waals surface area (Å²) in [7, 11) is 0. The molecular formula is C7H8F3N3. The van der Waals surface area contributed by atoms with Crippen molar-refractivity contribution in [1.29, 1.82) is 0 Å². The molecule has 0 spiro atoms. The van der Waals surface area contributed by atoms with Gasteiger partial charge in [0.2, 0.25) is 0 Å². The van der Waals surface area contributed by atoms with Crippen LogP contribution in [-0.4, -0.2) is 16.1 Å². The largest absolute Gasteiger partial charge is 0.407 e. The molecule has 1 aromatic rings. The van der Waals surface area contributed by atoms with Crippen LogP contribution in [0.5, 0.6) is 0 Å². The van der Waals surface area contributed by atoms with Gasteiger partial charge in [-0.3, -0.25) is 0 Å². The Bertz CT molecular complexity index is 297. The number of nitrogens with two attached hydrogens (primary N) is 1. The lowest BCUT2D eigenvalue weighted by atomic mass is 10.1. The van der Waals surface area contributed by atoms with Crippen LogP contribution in [0.2, 0.25) is 0 Å². The van der Waals surface area contributed by atoms with Crippen molar-refractivity contribution in [2.45, 2.75) is 19.1 Å². The Morgan fingerprint density at radius 2 is 2.08 bits per heavy atom. The molecular weight excluding hydrogens is 183 g/mol. The van der Waals surface area contributed by atoms with Crippen LogP contribution < -0.4 is 5.73 Å². The lowest BCUT2D eigenvalue weighted by molar-refractivity contribution is -0.149. The Balaban J connectivity index is 3.02. The summed E-state index contributed by atoms with van der Waals surface area (Å²) in [4.78, 5) is 7.11. The number of rotatable bonds is 1. The SMILES string of the molecule is Cc1ncncc1C(N)C(F)(F)F. The lowest BCUT2D eigenvalue weighted by Gasteiger charge is -2.16. The van der Waals surface area contributed by atoms with E-state index in [9.17, 15) is 13.2 Å². The van der Waals surface area contributed by atoms with Crippen molar-refractivity contribution in [1.82, 2.24) is 9.97 Å². The van der Waals surface area contributed by atoms with E-state index < -0.39 is 12.2 Å². The number of aromatic nitrogens is 2. The molecule has 1 atom stereocenters. The minimum Gasteiger partial charge on any atom is -0.316 e. The molecule has 1 heterocycles. The van der Waals surface area contributed by atoms with Crippen molar-refractivity contribution in [3.8, 4) is 0 Å². The van der Waals surface area contributed by atoms with Gasteiger partial charge in [-0.25, -0.2) is 9.97 Å². The first-order chi connectivity index (χ1) is 5.93. The van der Waals surface area contributed by atoms with Crippen molar-refractivity contribution in [2.75, 3.05) is 0 Å². The van der Waals surface area contributed by atoms with Crippen LogP contribution in [0, 0.1) is 6.92 Å². The maximum Gasteiger partial charge on any atom is 0.407 e. The molecule has 0 radical (unpaired) electrons. The number of alkyl halides is 3. The molecule has 0 saturated heterocycles. The monoisotopic (exact) mass is 191 g/mol. The molecule has 0 amide bonds. The number of aryl methyl sites for hydroxylation is 1. The van der Waals surface area contributed by atoms with Crippen LogP contribution in [-0.2, 0) is 0 Å². The topological polar surface area (TPSA) is 51.8 Å². The fourth-order valence-electron chi connectivity index (χ4n) is 0.883. The van der Waals surface area contributed by atoms with E-state index in [1.54, 1.807) is 0 Å². The van der Waals surface area contributed by atoms with Crippen LogP contribution in [0.15, 0.2) is 12.5 Å². The number of halogens is 3. The van der Waals surface area contributed by atoms with Gasteiger partial charge >= 0.3 is 6.18 Å². The Kier molecular flexibility index (Phi) is 2.51. The maximum absolute atomic E-state index is 12.1. The van der Waals surface area contributed by atoms with Crippen LogP contribution in [0.1, 0.15) is 17.3 Å². The highest BCUT2D eigenvalue weighted by molar-refractivity contribution is 5.19. The molecule has 13 heavy (non-hydrogen) atoms. The fourth-order valence-corrected chi connectivity index (χ4v) is 0.883. The van der Waals surface area contributed by atoms with Crippen LogP contribution >= 0.6 is 0 Å². The molecule has 3 nitrogen and oxygen atoms in total. The van der Waals surface area contributed by atoms with Gasteiger partial charge in [0.05, 0.1) is 0 Å². The fraction of sp³-hybridized carbons (Fsp3) is 0.429. The summed E-state index contributed by atoms with van der Waals surface area (Å²) >= 11 is 0. The van der Waals surface area contributed by atoms with Crippen LogP contribution in [0.3, 0.4) is 0 Å². The van der Waals surface area contributed by atoms with Gasteiger partial charge < -0.3 is 5.73 Å². The predicted octanol–water partition coefficient (Wildman–Crippen LogP) is 1.35.